The van der Waals surface area contributed by atoms with Gasteiger partial charge in [-0.1, -0.05) is 195 Å². The van der Waals surface area contributed by atoms with Crippen LogP contribution in [-0.2, 0) is 6.42 Å². The van der Waals surface area contributed by atoms with Gasteiger partial charge in [0, 0.05) is 49.6 Å². The normalized spacial score (nSPS) is 13.6. The molecule has 0 fully saturated rings. The third-order valence-electron chi connectivity index (χ3n) is 16.5. The molecule has 0 bridgehead atoms. The Morgan fingerprint density at radius 1 is 0.303 bits per heavy atom. The minimum atomic E-state index is 0.541. The highest BCUT2D eigenvalue weighted by Crippen LogP contribution is 2.43. The fraction of sp³-hybridized carbons (Fsp3) is 0.0685. The minimum absolute atomic E-state index is 0.541. The highest BCUT2D eigenvalue weighted by Gasteiger charge is 2.26. The Labute approximate surface area is 442 Å². The van der Waals surface area contributed by atoms with Crippen molar-refractivity contribution in [1.29, 1.82) is 0 Å². The average molecular weight is 972 g/mol. The molecule has 0 saturated carbocycles. The average Bonchev–Trinajstić information content (AvgIpc) is 4.17. The second-order valence-electron chi connectivity index (χ2n) is 20.8. The van der Waals surface area contributed by atoms with Crippen LogP contribution < -0.4 is 0 Å². The Morgan fingerprint density at radius 2 is 0.697 bits per heavy atom. The van der Waals surface area contributed by atoms with E-state index in [1.54, 1.807) is 0 Å². The maximum absolute atomic E-state index is 2.53. The second-order valence-corrected chi connectivity index (χ2v) is 20.8. The predicted molar refractivity (Wildman–Crippen MR) is 320 cm³/mol. The van der Waals surface area contributed by atoms with Gasteiger partial charge in [0.25, 0.3) is 0 Å². The molecule has 0 saturated heterocycles. The standard InChI is InChI=1S/C73H53N3/c1-48-14-13-21-64-63-20-8-12-25-70(63)75(73(48)64)59-42-36-52(37-43-59)50-28-32-54(33-29-50)57-39-45-72-66(47-57)65-46-56(38-44-71(65)76(72)67-22-9-5-17-60(67)55-15-3-2-4-16-55)53-30-26-49(27-31-53)51-34-40-58(41-35-51)74-68-23-10-6-18-61(68)62-19-7-11-24-69(62)74/h2-12,15-20,22-48H,13-14,21H2,1H3. The first-order valence-electron chi connectivity index (χ1n) is 26.9. The molecule has 0 amide bonds. The largest absolute Gasteiger partial charge is 0.313 e. The number of hydrogen-bond donors (Lipinski definition) is 0. The molecule has 0 N–H and O–H groups in total. The molecule has 0 spiro atoms. The Bertz CT molecular complexity index is 4460. The number of benzene rings is 11. The highest BCUT2D eigenvalue weighted by molar-refractivity contribution is 6.12. The molecule has 3 aromatic heterocycles. The summed E-state index contributed by atoms with van der Waals surface area (Å²) < 4.78 is 7.37. The van der Waals surface area contributed by atoms with Gasteiger partial charge in [0.15, 0.2) is 0 Å². The number of rotatable bonds is 8. The highest BCUT2D eigenvalue weighted by atomic mass is 15.0. The van der Waals surface area contributed by atoms with E-state index in [4.69, 9.17) is 0 Å². The van der Waals surface area contributed by atoms with Crippen molar-refractivity contribution in [3.05, 3.63) is 272 Å². The van der Waals surface area contributed by atoms with E-state index in [9.17, 15) is 0 Å². The van der Waals surface area contributed by atoms with Crippen LogP contribution in [0.25, 0.3) is 127 Å². The van der Waals surface area contributed by atoms with Crippen LogP contribution in [0.15, 0.2) is 261 Å². The molecule has 3 nitrogen and oxygen atoms in total. The zero-order chi connectivity index (χ0) is 50.3. The first-order valence-corrected chi connectivity index (χ1v) is 26.9. The minimum Gasteiger partial charge on any atom is -0.313 e. The molecular weight excluding hydrogens is 919 g/mol. The van der Waals surface area contributed by atoms with Crippen LogP contribution in [0.1, 0.15) is 36.9 Å². The summed E-state index contributed by atoms with van der Waals surface area (Å²) in [7, 11) is 0. The van der Waals surface area contributed by atoms with Gasteiger partial charge in [-0.2, -0.15) is 0 Å². The lowest BCUT2D eigenvalue weighted by molar-refractivity contribution is 0.571. The van der Waals surface area contributed by atoms with Crippen LogP contribution in [0.4, 0.5) is 0 Å². The topological polar surface area (TPSA) is 14.8 Å². The van der Waals surface area contributed by atoms with Crippen LogP contribution in [0.5, 0.6) is 0 Å². The number of aromatic nitrogens is 3. The van der Waals surface area contributed by atoms with Gasteiger partial charge < -0.3 is 13.7 Å². The molecule has 0 radical (unpaired) electrons. The van der Waals surface area contributed by atoms with E-state index in [1.165, 1.54) is 140 Å². The summed E-state index contributed by atoms with van der Waals surface area (Å²) in [6.07, 6.45) is 3.66. The lowest BCUT2D eigenvalue weighted by Gasteiger charge is -2.22. The molecule has 11 aromatic carbocycles. The summed E-state index contributed by atoms with van der Waals surface area (Å²) in [5, 5.41) is 6.41. The van der Waals surface area contributed by atoms with E-state index in [0.717, 1.165) is 17.8 Å². The van der Waals surface area contributed by atoms with Crippen LogP contribution >= 0.6 is 0 Å². The maximum Gasteiger partial charge on any atom is 0.0541 e. The molecule has 1 aliphatic rings. The van der Waals surface area contributed by atoms with E-state index >= 15 is 0 Å². The SMILES string of the molecule is CC1CCCc2c1n(-c1ccc(-c3ccc(-c4ccc5c(c4)c4cc(-c6ccc(-c7ccc(-n8c9ccccc9c9ccccc98)cc7)cc6)ccc4n5-c4ccccc4-c4ccccc4)cc3)cc1)c1ccccc21. The van der Waals surface area contributed by atoms with Crippen LogP contribution in [0, 0.1) is 0 Å². The Balaban J connectivity index is 0.776. The molecule has 0 aliphatic heterocycles. The summed E-state index contributed by atoms with van der Waals surface area (Å²) >= 11 is 0. The summed E-state index contributed by atoms with van der Waals surface area (Å²) in [4.78, 5) is 0. The molecule has 1 unspecified atom stereocenters. The zero-order valence-corrected chi connectivity index (χ0v) is 42.4. The quantitative estimate of drug-likeness (QED) is 0.144. The monoisotopic (exact) mass is 971 g/mol. The van der Waals surface area contributed by atoms with E-state index in [1.807, 2.05) is 0 Å². The summed E-state index contributed by atoms with van der Waals surface area (Å²) in [6.45, 7) is 2.40. The van der Waals surface area contributed by atoms with Crippen molar-refractivity contribution in [3.8, 4) is 72.7 Å². The van der Waals surface area contributed by atoms with E-state index in [0.29, 0.717) is 5.92 Å². The number of fused-ring (bicyclic) bond motifs is 9. The van der Waals surface area contributed by atoms with Crippen molar-refractivity contribution in [1.82, 2.24) is 13.7 Å². The van der Waals surface area contributed by atoms with Crippen molar-refractivity contribution >= 4 is 54.5 Å². The molecule has 76 heavy (non-hydrogen) atoms. The van der Waals surface area contributed by atoms with Crippen molar-refractivity contribution in [2.45, 2.75) is 32.1 Å². The third-order valence-corrected chi connectivity index (χ3v) is 16.5. The number of nitrogens with zero attached hydrogens (tertiary/aromatic N) is 3. The first-order chi connectivity index (χ1) is 37.6. The predicted octanol–water partition coefficient (Wildman–Crippen LogP) is 19.6. The van der Waals surface area contributed by atoms with Gasteiger partial charge >= 0.3 is 0 Å². The van der Waals surface area contributed by atoms with Gasteiger partial charge in [0.1, 0.15) is 0 Å². The number of hydrogen-bond acceptors (Lipinski definition) is 0. The van der Waals surface area contributed by atoms with E-state index in [-0.39, 0.29) is 0 Å². The van der Waals surface area contributed by atoms with Crippen molar-refractivity contribution in [2.75, 3.05) is 0 Å². The Kier molecular flexibility index (Phi) is 10.4. The van der Waals surface area contributed by atoms with Crippen molar-refractivity contribution < 1.29 is 0 Å². The van der Waals surface area contributed by atoms with Crippen LogP contribution in [0.2, 0.25) is 0 Å². The van der Waals surface area contributed by atoms with Gasteiger partial charge in [-0.05, 0) is 154 Å². The van der Waals surface area contributed by atoms with Crippen molar-refractivity contribution in [3.63, 3.8) is 0 Å². The van der Waals surface area contributed by atoms with Crippen LogP contribution in [-0.4, -0.2) is 13.7 Å². The first kappa shape index (κ1) is 44.1. The molecule has 3 heterocycles. The van der Waals surface area contributed by atoms with Gasteiger partial charge in [-0.3, -0.25) is 0 Å². The maximum atomic E-state index is 2.53. The molecule has 3 heteroatoms. The van der Waals surface area contributed by atoms with Crippen LogP contribution in [0.3, 0.4) is 0 Å². The fourth-order valence-electron chi connectivity index (χ4n) is 12.8. The smallest absolute Gasteiger partial charge is 0.0541 e. The lowest BCUT2D eigenvalue weighted by Crippen LogP contribution is -2.10. The van der Waals surface area contributed by atoms with E-state index < -0.39 is 0 Å². The second kappa shape index (κ2) is 17.9. The Hall–Kier alpha value is -9.44. The summed E-state index contributed by atoms with van der Waals surface area (Å²) in [5.74, 6) is 0.541. The summed E-state index contributed by atoms with van der Waals surface area (Å²) in [5.41, 5.74) is 24.7. The van der Waals surface area contributed by atoms with Crippen molar-refractivity contribution in [2.24, 2.45) is 0 Å². The summed E-state index contributed by atoms with van der Waals surface area (Å²) in [6, 6.07) is 96.4. The number of aryl methyl sites for hydroxylation is 1. The molecule has 1 atom stereocenters. The third kappa shape index (κ3) is 7.18. The molecule has 360 valence electrons. The Morgan fingerprint density at radius 3 is 1.24 bits per heavy atom. The van der Waals surface area contributed by atoms with Gasteiger partial charge in [0.05, 0.1) is 33.3 Å². The fourth-order valence-corrected chi connectivity index (χ4v) is 12.8. The lowest BCUT2D eigenvalue weighted by atomic mass is 9.88. The zero-order valence-electron chi connectivity index (χ0n) is 42.4. The van der Waals surface area contributed by atoms with Gasteiger partial charge in [-0.25, -0.2) is 0 Å². The molecule has 1 aliphatic carbocycles. The molecule has 14 aromatic rings. The van der Waals surface area contributed by atoms with Gasteiger partial charge in [-0.15, -0.1) is 0 Å². The molecular formula is C73H53N3. The van der Waals surface area contributed by atoms with E-state index in [2.05, 4.69) is 281 Å². The number of para-hydroxylation sites is 4. The molecule has 15 rings (SSSR count). The van der Waals surface area contributed by atoms with Gasteiger partial charge in [0.2, 0.25) is 0 Å².